The highest BCUT2D eigenvalue weighted by atomic mass is 32.1. The molecule has 0 aromatic carbocycles. The minimum atomic E-state index is 0.288. The van der Waals surface area contributed by atoms with E-state index in [0.717, 1.165) is 38.9 Å². The highest BCUT2D eigenvalue weighted by Crippen LogP contribution is 2.29. The lowest BCUT2D eigenvalue weighted by molar-refractivity contribution is -0.134. The third kappa shape index (κ3) is 3.70. The number of thiophene rings is 1. The minimum Gasteiger partial charge on any atom is -0.334 e. The van der Waals surface area contributed by atoms with Crippen molar-refractivity contribution in [2.45, 2.75) is 50.9 Å². The number of amides is 1. The van der Waals surface area contributed by atoms with Gasteiger partial charge in [0.15, 0.2) is 0 Å². The number of carbonyl (C=O) groups excluding carboxylic acids is 1. The van der Waals surface area contributed by atoms with Gasteiger partial charge >= 0.3 is 0 Å². The van der Waals surface area contributed by atoms with Crippen LogP contribution < -0.4 is 0 Å². The molecule has 128 valence electrons. The van der Waals surface area contributed by atoms with E-state index < -0.39 is 0 Å². The maximum Gasteiger partial charge on any atom is 0.237 e. The molecule has 0 radical (unpaired) electrons. The molecule has 24 heavy (non-hydrogen) atoms. The number of aromatic nitrogens is 2. The van der Waals surface area contributed by atoms with Crippen LogP contribution in [0.5, 0.6) is 0 Å². The maximum atomic E-state index is 12.9. The fourth-order valence-electron chi connectivity index (χ4n) is 3.59. The molecule has 0 spiro atoms. The van der Waals surface area contributed by atoms with E-state index in [2.05, 4.69) is 31.7 Å². The van der Waals surface area contributed by atoms with Crippen LogP contribution in [0.3, 0.4) is 0 Å². The van der Waals surface area contributed by atoms with Crippen molar-refractivity contribution in [2.75, 3.05) is 13.1 Å². The molecule has 0 N–H and O–H groups in total. The van der Waals surface area contributed by atoms with Crippen LogP contribution in [0.2, 0.25) is 0 Å². The molecule has 3 heterocycles. The van der Waals surface area contributed by atoms with Gasteiger partial charge in [0, 0.05) is 31.0 Å². The Balaban J connectivity index is 1.38. The number of rotatable bonds is 7. The Morgan fingerprint density at radius 3 is 3.00 bits per heavy atom. The van der Waals surface area contributed by atoms with E-state index in [1.807, 2.05) is 23.1 Å². The van der Waals surface area contributed by atoms with E-state index >= 15 is 0 Å². The van der Waals surface area contributed by atoms with Crippen LogP contribution >= 0.6 is 11.3 Å². The summed E-state index contributed by atoms with van der Waals surface area (Å²) in [7, 11) is 0. The first-order valence-corrected chi connectivity index (χ1v) is 9.76. The fourth-order valence-corrected chi connectivity index (χ4v) is 4.25. The predicted octanol–water partition coefficient (Wildman–Crippen LogP) is 2.60. The zero-order chi connectivity index (χ0) is 16.4. The first-order chi connectivity index (χ1) is 11.8. The predicted molar refractivity (Wildman–Crippen MR) is 94.7 cm³/mol. The van der Waals surface area contributed by atoms with Gasteiger partial charge in [-0.2, -0.15) is 16.4 Å². The summed E-state index contributed by atoms with van der Waals surface area (Å²) in [6, 6.07) is 4.98. The van der Waals surface area contributed by atoms with Crippen molar-refractivity contribution in [1.82, 2.24) is 19.6 Å². The molecule has 2 fully saturated rings. The molecule has 2 aliphatic rings. The average Bonchev–Trinajstić information content (AvgIpc) is 2.99. The molecule has 0 bridgehead atoms. The van der Waals surface area contributed by atoms with Gasteiger partial charge in [-0.3, -0.25) is 14.4 Å². The van der Waals surface area contributed by atoms with E-state index in [1.165, 1.54) is 12.0 Å². The zero-order valence-electron chi connectivity index (χ0n) is 13.9. The lowest BCUT2D eigenvalue weighted by atomic mass is 10.2. The smallest absolute Gasteiger partial charge is 0.237 e. The van der Waals surface area contributed by atoms with Crippen molar-refractivity contribution in [3.63, 3.8) is 0 Å². The number of nitrogens with zero attached hydrogens (tertiary/aromatic N) is 4. The molecule has 6 heteroatoms. The van der Waals surface area contributed by atoms with Gasteiger partial charge in [0.1, 0.15) is 0 Å². The second kappa shape index (κ2) is 7.07. The maximum absolute atomic E-state index is 12.9. The van der Waals surface area contributed by atoms with Gasteiger partial charge in [-0.25, -0.2) is 0 Å². The molecule has 1 saturated carbocycles. The minimum absolute atomic E-state index is 0.288. The molecule has 1 aliphatic heterocycles. The normalized spacial score (nSPS) is 21.2. The Morgan fingerprint density at radius 2 is 2.29 bits per heavy atom. The van der Waals surface area contributed by atoms with Crippen molar-refractivity contribution in [3.05, 3.63) is 40.8 Å². The molecule has 4 rings (SSSR count). The van der Waals surface area contributed by atoms with Crippen molar-refractivity contribution >= 4 is 17.2 Å². The summed E-state index contributed by atoms with van der Waals surface area (Å²) >= 11 is 1.70. The summed E-state index contributed by atoms with van der Waals surface area (Å²) < 4.78 is 1.98. The summed E-state index contributed by atoms with van der Waals surface area (Å²) in [6.45, 7) is 3.22. The molecule has 5 nitrogen and oxygen atoms in total. The summed E-state index contributed by atoms with van der Waals surface area (Å²) in [5.74, 6) is 0.288. The first kappa shape index (κ1) is 15.8. The zero-order valence-corrected chi connectivity index (χ0v) is 14.7. The van der Waals surface area contributed by atoms with Crippen molar-refractivity contribution in [3.8, 4) is 0 Å². The molecular weight excluding hydrogens is 320 g/mol. The van der Waals surface area contributed by atoms with Gasteiger partial charge in [0.25, 0.3) is 0 Å². The van der Waals surface area contributed by atoms with Crippen LogP contribution in [0, 0.1) is 0 Å². The SMILES string of the molecule is O=C(CN1CCC[C@@H]1Cn1cccn1)N(Cc1ccsc1)C1CC1. The van der Waals surface area contributed by atoms with E-state index in [-0.39, 0.29) is 5.91 Å². The summed E-state index contributed by atoms with van der Waals surface area (Å²) in [6.07, 6.45) is 8.47. The molecule has 1 atom stereocenters. The second-order valence-electron chi connectivity index (χ2n) is 6.88. The van der Waals surface area contributed by atoms with Crippen molar-refractivity contribution < 1.29 is 4.79 Å². The Bertz CT molecular complexity index is 651. The van der Waals surface area contributed by atoms with Crippen molar-refractivity contribution in [1.29, 1.82) is 0 Å². The van der Waals surface area contributed by atoms with Crippen LogP contribution in [-0.2, 0) is 17.9 Å². The van der Waals surface area contributed by atoms with E-state index in [0.29, 0.717) is 18.6 Å². The third-order valence-electron chi connectivity index (χ3n) is 5.04. The summed E-state index contributed by atoms with van der Waals surface area (Å²) in [5, 5.41) is 8.55. The van der Waals surface area contributed by atoms with Crippen molar-refractivity contribution in [2.24, 2.45) is 0 Å². The second-order valence-corrected chi connectivity index (χ2v) is 7.66. The molecular formula is C18H24N4OS. The average molecular weight is 344 g/mol. The van der Waals surface area contributed by atoms with E-state index in [1.54, 1.807) is 11.3 Å². The Morgan fingerprint density at radius 1 is 1.38 bits per heavy atom. The topological polar surface area (TPSA) is 41.4 Å². The standard InChI is InChI=1S/C18H24N4OS/c23-18(22(16-4-5-16)11-15-6-10-24-14-15)13-20-8-1-3-17(20)12-21-9-2-7-19-21/h2,6-7,9-10,14,16-17H,1,3-5,8,11-13H2/t17-/m1/s1. The van der Waals surface area contributed by atoms with Gasteiger partial charge < -0.3 is 4.90 Å². The fraction of sp³-hybridized carbons (Fsp3) is 0.556. The lowest BCUT2D eigenvalue weighted by Gasteiger charge is -2.28. The number of hydrogen-bond donors (Lipinski definition) is 0. The van der Waals surface area contributed by atoms with Crippen LogP contribution in [-0.4, -0.2) is 50.7 Å². The Kier molecular flexibility index (Phi) is 4.67. The van der Waals surface area contributed by atoms with Gasteiger partial charge in [-0.15, -0.1) is 0 Å². The van der Waals surface area contributed by atoms with E-state index in [9.17, 15) is 4.79 Å². The van der Waals surface area contributed by atoms with Crippen LogP contribution in [0.25, 0.3) is 0 Å². The molecule has 0 unspecified atom stereocenters. The highest BCUT2D eigenvalue weighted by molar-refractivity contribution is 7.07. The summed E-state index contributed by atoms with van der Waals surface area (Å²) in [4.78, 5) is 17.4. The van der Waals surface area contributed by atoms with Gasteiger partial charge in [-0.1, -0.05) is 0 Å². The largest absolute Gasteiger partial charge is 0.334 e. The third-order valence-corrected chi connectivity index (χ3v) is 5.77. The molecule has 1 saturated heterocycles. The first-order valence-electron chi connectivity index (χ1n) is 8.81. The van der Waals surface area contributed by atoms with Crippen LogP contribution in [0.15, 0.2) is 35.3 Å². The molecule has 1 aliphatic carbocycles. The number of likely N-dealkylation sites (tertiary alicyclic amines) is 1. The molecule has 2 aromatic heterocycles. The Hall–Kier alpha value is -1.66. The highest BCUT2D eigenvalue weighted by Gasteiger charge is 2.35. The lowest BCUT2D eigenvalue weighted by Crippen LogP contribution is -2.44. The van der Waals surface area contributed by atoms with Gasteiger partial charge in [0.05, 0.1) is 13.1 Å². The summed E-state index contributed by atoms with van der Waals surface area (Å²) in [5.41, 5.74) is 1.26. The van der Waals surface area contributed by atoms with Crippen LogP contribution in [0.4, 0.5) is 0 Å². The Labute approximate surface area is 146 Å². The molecule has 2 aromatic rings. The number of carbonyl (C=O) groups is 1. The quantitative estimate of drug-likeness (QED) is 0.775. The van der Waals surface area contributed by atoms with Gasteiger partial charge in [-0.05, 0) is 60.7 Å². The van der Waals surface area contributed by atoms with Gasteiger partial charge in [0.2, 0.25) is 5.91 Å². The number of hydrogen-bond acceptors (Lipinski definition) is 4. The van der Waals surface area contributed by atoms with Crippen LogP contribution in [0.1, 0.15) is 31.2 Å². The van der Waals surface area contributed by atoms with E-state index in [4.69, 9.17) is 0 Å². The monoisotopic (exact) mass is 344 g/mol. The molecule has 1 amide bonds.